The van der Waals surface area contributed by atoms with Crippen LogP contribution in [0.2, 0.25) is 0 Å². The maximum atomic E-state index is 11.3. The van der Waals surface area contributed by atoms with Crippen molar-refractivity contribution in [2.45, 2.75) is 25.9 Å². The fourth-order valence-corrected chi connectivity index (χ4v) is 2.26. The van der Waals surface area contributed by atoms with Crippen molar-refractivity contribution in [2.24, 2.45) is 0 Å². The summed E-state index contributed by atoms with van der Waals surface area (Å²) in [6, 6.07) is 4.37. The molecular weight excluding hydrogens is 260 g/mol. The summed E-state index contributed by atoms with van der Waals surface area (Å²) in [7, 11) is 2.04. The second-order valence-electron chi connectivity index (χ2n) is 5.12. The van der Waals surface area contributed by atoms with Crippen LogP contribution in [0.1, 0.15) is 30.1 Å². The monoisotopic (exact) mass is 278 g/mol. The molecule has 0 saturated carbocycles. The van der Waals surface area contributed by atoms with Crippen molar-refractivity contribution in [2.75, 3.05) is 20.1 Å². The van der Waals surface area contributed by atoms with E-state index in [0.717, 1.165) is 25.9 Å². The van der Waals surface area contributed by atoms with E-state index in [2.05, 4.69) is 4.90 Å². The van der Waals surface area contributed by atoms with E-state index in [1.54, 1.807) is 6.07 Å². The average Bonchev–Trinajstić information content (AvgIpc) is 2.41. The Hall–Kier alpha value is -1.95. The van der Waals surface area contributed by atoms with Gasteiger partial charge in [-0.15, -0.1) is 0 Å². The van der Waals surface area contributed by atoms with Gasteiger partial charge in [-0.3, -0.25) is 14.9 Å². The molecule has 0 unspecified atom stereocenters. The predicted molar refractivity (Wildman–Crippen MR) is 74.2 cm³/mol. The number of rotatable bonds is 4. The lowest BCUT2D eigenvalue weighted by Crippen LogP contribution is -2.35. The van der Waals surface area contributed by atoms with Crippen LogP contribution in [0.15, 0.2) is 18.2 Å². The van der Waals surface area contributed by atoms with Gasteiger partial charge in [-0.25, -0.2) is 0 Å². The Balaban J connectivity index is 2.18. The van der Waals surface area contributed by atoms with E-state index >= 15 is 0 Å². The molecule has 1 saturated heterocycles. The van der Waals surface area contributed by atoms with Crippen LogP contribution in [0.5, 0.6) is 5.75 Å². The largest absolute Gasteiger partial charge is 0.483 e. The molecule has 0 N–H and O–H groups in total. The minimum atomic E-state index is -0.503. The van der Waals surface area contributed by atoms with Crippen LogP contribution >= 0.6 is 0 Å². The van der Waals surface area contributed by atoms with Gasteiger partial charge in [0.25, 0.3) is 0 Å². The molecule has 2 rings (SSSR count). The van der Waals surface area contributed by atoms with Gasteiger partial charge in [-0.2, -0.15) is 0 Å². The summed E-state index contributed by atoms with van der Waals surface area (Å²) >= 11 is 0. The maximum absolute atomic E-state index is 11.3. The van der Waals surface area contributed by atoms with Gasteiger partial charge in [0.05, 0.1) is 4.92 Å². The van der Waals surface area contributed by atoms with Crippen molar-refractivity contribution >= 4 is 11.5 Å². The van der Waals surface area contributed by atoms with Crippen LogP contribution in [-0.2, 0) is 0 Å². The number of ketones is 1. The van der Waals surface area contributed by atoms with Crippen LogP contribution < -0.4 is 4.74 Å². The summed E-state index contributed by atoms with van der Waals surface area (Å²) in [5.74, 6) is 0.0495. The Labute approximate surface area is 117 Å². The van der Waals surface area contributed by atoms with E-state index in [1.807, 2.05) is 7.05 Å². The van der Waals surface area contributed by atoms with E-state index in [9.17, 15) is 14.9 Å². The third kappa shape index (κ3) is 3.33. The third-order valence-electron chi connectivity index (χ3n) is 3.52. The molecular formula is C14H18N2O4. The summed E-state index contributed by atoms with van der Waals surface area (Å²) in [6.45, 7) is 3.23. The fraction of sp³-hybridized carbons (Fsp3) is 0.500. The number of nitro benzene ring substituents is 1. The van der Waals surface area contributed by atoms with Crippen LogP contribution in [0.4, 0.5) is 5.69 Å². The van der Waals surface area contributed by atoms with Gasteiger partial charge in [0.2, 0.25) is 0 Å². The number of likely N-dealkylation sites (tertiary alicyclic amines) is 1. The molecule has 20 heavy (non-hydrogen) atoms. The van der Waals surface area contributed by atoms with E-state index in [4.69, 9.17) is 4.74 Å². The van der Waals surface area contributed by atoms with Gasteiger partial charge in [0.15, 0.2) is 11.5 Å². The molecule has 0 bridgehead atoms. The van der Waals surface area contributed by atoms with Gasteiger partial charge in [-0.1, -0.05) is 0 Å². The van der Waals surface area contributed by atoms with Crippen molar-refractivity contribution in [3.05, 3.63) is 33.9 Å². The first-order valence-corrected chi connectivity index (χ1v) is 6.62. The number of hydrogen-bond donors (Lipinski definition) is 0. The Morgan fingerprint density at radius 1 is 1.40 bits per heavy atom. The fourth-order valence-electron chi connectivity index (χ4n) is 2.26. The molecule has 1 fully saturated rings. The first-order valence-electron chi connectivity index (χ1n) is 6.62. The minimum Gasteiger partial charge on any atom is -0.483 e. The summed E-state index contributed by atoms with van der Waals surface area (Å²) in [5.41, 5.74) is 0.184. The highest BCUT2D eigenvalue weighted by molar-refractivity contribution is 5.95. The zero-order valence-electron chi connectivity index (χ0n) is 11.7. The van der Waals surface area contributed by atoms with Crippen molar-refractivity contribution in [1.29, 1.82) is 0 Å². The van der Waals surface area contributed by atoms with Crippen molar-refractivity contribution in [1.82, 2.24) is 4.90 Å². The number of ether oxygens (including phenoxy) is 1. The lowest BCUT2D eigenvalue weighted by Gasteiger charge is -2.29. The predicted octanol–water partition coefficient (Wildman–Crippen LogP) is 2.27. The quantitative estimate of drug-likeness (QED) is 0.480. The molecule has 0 radical (unpaired) electrons. The molecule has 0 spiro atoms. The van der Waals surface area contributed by atoms with Gasteiger partial charge in [0.1, 0.15) is 6.10 Å². The average molecular weight is 278 g/mol. The molecule has 1 aliphatic heterocycles. The SMILES string of the molecule is CC(=O)c1ccc(OC2CCN(C)CC2)c([N+](=O)[O-])c1. The minimum absolute atomic E-state index is 0.00641. The molecule has 108 valence electrons. The molecule has 0 amide bonds. The molecule has 0 aromatic heterocycles. The molecule has 1 aromatic rings. The Kier molecular flexibility index (Phi) is 4.34. The third-order valence-corrected chi connectivity index (χ3v) is 3.52. The highest BCUT2D eigenvalue weighted by atomic mass is 16.6. The topological polar surface area (TPSA) is 72.7 Å². The van der Waals surface area contributed by atoms with Gasteiger partial charge < -0.3 is 9.64 Å². The standard InChI is InChI=1S/C14H18N2O4/c1-10(17)11-3-4-14(13(9-11)16(18)19)20-12-5-7-15(2)8-6-12/h3-4,9,12H,5-8H2,1-2H3. The molecule has 6 heteroatoms. The lowest BCUT2D eigenvalue weighted by atomic mass is 10.1. The van der Waals surface area contributed by atoms with Crippen molar-refractivity contribution < 1.29 is 14.5 Å². The summed E-state index contributed by atoms with van der Waals surface area (Å²) in [5, 5.41) is 11.1. The van der Waals surface area contributed by atoms with E-state index < -0.39 is 4.92 Å². The number of carbonyl (C=O) groups excluding carboxylic acids is 1. The van der Waals surface area contributed by atoms with Gasteiger partial charge in [0, 0.05) is 24.7 Å². The Bertz CT molecular complexity index is 522. The van der Waals surface area contributed by atoms with Crippen LogP contribution in [-0.4, -0.2) is 41.8 Å². The Morgan fingerprint density at radius 2 is 2.05 bits per heavy atom. The summed E-state index contributed by atoms with van der Waals surface area (Å²) in [6.07, 6.45) is 1.69. The van der Waals surface area contributed by atoms with Crippen LogP contribution in [0.3, 0.4) is 0 Å². The molecule has 6 nitrogen and oxygen atoms in total. The van der Waals surface area contributed by atoms with Crippen LogP contribution in [0.25, 0.3) is 0 Å². The van der Waals surface area contributed by atoms with Gasteiger partial charge >= 0.3 is 5.69 Å². The lowest BCUT2D eigenvalue weighted by molar-refractivity contribution is -0.386. The molecule has 0 aliphatic carbocycles. The number of piperidine rings is 1. The normalized spacial score (nSPS) is 16.9. The first kappa shape index (κ1) is 14.5. The first-order chi connectivity index (χ1) is 9.47. The molecule has 0 atom stereocenters. The Morgan fingerprint density at radius 3 is 2.60 bits per heavy atom. The number of carbonyl (C=O) groups is 1. The number of benzene rings is 1. The molecule has 1 heterocycles. The van der Waals surface area contributed by atoms with E-state index in [-0.39, 0.29) is 23.3 Å². The summed E-state index contributed by atoms with van der Waals surface area (Å²) < 4.78 is 5.75. The van der Waals surface area contributed by atoms with E-state index in [1.165, 1.54) is 19.1 Å². The van der Waals surface area contributed by atoms with Crippen molar-refractivity contribution in [3.63, 3.8) is 0 Å². The smallest absolute Gasteiger partial charge is 0.311 e. The maximum Gasteiger partial charge on any atom is 0.311 e. The second kappa shape index (κ2) is 6.00. The highest BCUT2D eigenvalue weighted by Gasteiger charge is 2.23. The van der Waals surface area contributed by atoms with E-state index in [0.29, 0.717) is 5.56 Å². The summed E-state index contributed by atoms with van der Waals surface area (Å²) in [4.78, 5) is 24.1. The molecule has 1 aliphatic rings. The highest BCUT2D eigenvalue weighted by Crippen LogP contribution is 2.30. The second-order valence-corrected chi connectivity index (χ2v) is 5.12. The van der Waals surface area contributed by atoms with Crippen molar-refractivity contribution in [3.8, 4) is 5.75 Å². The number of hydrogen-bond acceptors (Lipinski definition) is 5. The number of nitro groups is 1. The van der Waals surface area contributed by atoms with Crippen LogP contribution in [0, 0.1) is 10.1 Å². The zero-order chi connectivity index (χ0) is 14.7. The molecule has 1 aromatic carbocycles. The number of Topliss-reactive ketones (excluding diaryl/α,β-unsaturated/α-hetero) is 1. The zero-order valence-corrected chi connectivity index (χ0v) is 11.7. The van der Waals surface area contributed by atoms with Gasteiger partial charge in [-0.05, 0) is 38.9 Å². The number of nitrogens with zero attached hydrogens (tertiary/aromatic N) is 2.